The van der Waals surface area contributed by atoms with Gasteiger partial charge in [0.05, 0.1) is 16.1 Å². The molecule has 4 nitrogen and oxygen atoms in total. The van der Waals surface area contributed by atoms with Crippen molar-refractivity contribution in [2.75, 3.05) is 19.7 Å². The number of ether oxygens (including phenoxy) is 1. The summed E-state index contributed by atoms with van der Waals surface area (Å²) in [7, 11) is 0. The molecule has 1 aliphatic rings. The molecule has 1 aromatic carbocycles. The summed E-state index contributed by atoms with van der Waals surface area (Å²) in [5.41, 5.74) is 2.16. The van der Waals surface area contributed by atoms with Gasteiger partial charge in [-0.05, 0) is 50.4 Å². The minimum atomic E-state index is -0.796. The Kier molecular flexibility index (Phi) is 5.76. The Balaban J connectivity index is 1.56. The maximum absolute atomic E-state index is 10.9. The fourth-order valence-electron chi connectivity index (χ4n) is 3.01. The predicted octanol–water partition coefficient (Wildman–Crippen LogP) is 3.90. The predicted molar refractivity (Wildman–Crippen MR) is 97.9 cm³/mol. The lowest BCUT2D eigenvalue weighted by molar-refractivity contribution is -0.0168. The quantitative estimate of drug-likeness (QED) is 0.871. The van der Waals surface area contributed by atoms with Gasteiger partial charge in [-0.3, -0.25) is 9.88 Å². The second kappa shape index (κ2) is 7.83. The molecule has 1 atom stereocenters. The van der Waals surface area contributed by atoms with E-state index in [0.717, 1.165) is 38.0 Å². The summed E-state index contributed by atoms with van der Waals surface area (Å²) in [5, 5.41) is 11.5. The lowest BCUT2D eigenvalue weighted by atomic mass is 9.96. The van der Waals surface area contributed by atoms with E-state index in [1.165, 1.54) is 4.88 Å². The average molecular weight is 367 g/mol. The highest BCUT2D eigenvalue weighted by molar-refractivity contribution is 7.09. The number of rotatable bonds is 5. The fraction of sp³-hybridized carbons (Fsp3) is 0.500. The summed E-state index contributed by atoms with van der Waals surface area (Å²) in [6.45, 7) is 5.04. The molecule has 1 aliphatic heterocycles. The van der Waals surface area contributed by atoms with Crippen LogP contribution in [-0.2, 0) is 6.54 Å². The Morgan fingerprint density at radius 2 is 2.25 bits per heavy atom. The fourth-order valence-corrected chi connectivity index (χ4v) is 3.82. The molecule has 1 aromatic heterocycles. The van der Waals surface area contributed by atoms with Crippen molar-refractivity contribution in [2.45, 2.75) is 38.3 Å². The first-order valence-electron chi connectivity index (χ1n) is 8.25. The van der Waals surface area contributed by atoms with Crippen LogP contribution in [0.1, 0.15) is 29.7 Å². The Labute approximate surface area is 152 Å². The molecule has 24 heavy (non-hydrogen) atoms. The highest BCUT2D eigenvalue weighted by atomic mass is 35.5. The highest BCUT2D eigenvalue weighted by Crippen LogP contribution is 2.29. The van der Waals surface area contributed by atoms with Gasteiger partial charge in [0.15, 0.2) is 0 Å². The summed E-state index contributed by atoms with van der Waals surface area (Å²) in [6.07, 6.45) is 4.33. The Hall–Kier alpha value is -1.14. The third-order valence-corrected chi connectivity index (χ3v) is 5.53. The topological polar surface area (TPSA) is 45.6 Å². The molecule has 2 heterocycles. The minimum absolute atomic E-state index is 0.282. The molecule has 130 valence electrons. The number of thiazole rings is 1. The van der Waals surface area contributed by atoms with Gasteiger partial charge in [0.25, 0.3) is 0 Å². The second-order valence-electron chi connectivity index (χ2n) is 6.54. The van der Waals surface area contributed by atoms with Gasteiger partial charge in [0.1, 0.15) is 12.4 Å². The van der Waals surface area contributed by atoms with Gasteiger partial charge in [0, 0.05) is 24.2 Å². The molecule has 0 aliphatic carbocycles. The summed E-state index contributed by atoms with van der Waals surface area (Å²) in [5.74, 6) is 0.649. The van der Waals surface area contributed by atoms with E-state index in [9.17, 15) is 5.11 Å². The van der Waals surface area contributed by atoms with E-state index in [4.69, 9.17) is 16.3 Å². The van der Waals surface area contributed by atoms with Crippen molar-refractivity contribution in [3.8, 4) is 5.75 Å². The van der Waals surface area contributed by atoms with E-state index >= 15 is 0 Å². The van der Waals surface area contributed by atoms with Crippen LogP contribution in [0.15, 0.2) is 29.9 Å². The molecular formula is C18H23ClN2O2S. The van der Waals surface area contributed by atoms with Gasteiger partial charge in [-0.1, -0.05) is 17.7 Å². The van der Waals surface area contributed by atoms with Crippen molar-refractivity contribution in [1.82, 2.24) is 9.88 Å². The van der Waals surface area contributed by atoms with Crippen LogP contribution in [0.3, 0.4) is 0 Å². The lowest BCUT2D eigenvalue weighted by Crippen LogP contribution is -2.37. The molecule has 0 saturated carbocycles. The second-order valence-corrected chi connectivity index (χ2v) is 7.92. The van der Waals surface area contributed by atoms with Gasteiger partial charge in [-0.2, -0.15) is 0 Å². The monoisotopic (exact) mass is 366 g/mol. The zero-order valence-corrected chi connectivity index (χ0v) is 15.4. The number of halogens is 1. The molecule has 6 heteroatoms. The first-order valence-corrected chi connectivity index (χ1v) is 9.51. The third-order valence-electron chi connectivity index (χ3n) is 4.46. The normalized spacial score (nSPS) is 22.3. The smallest absolute Gasteiger partial charge is 0.138 e. The third kappa shape index (κ3) is 4.70. The van der Waals surface area contributed by atoms with E-state index < -0.39 is 5.60 Å². The molecule has 2 aromatic rings. The van der Waals surface area contributed by atoms with Crippen LogP contribution in [0.4, 0.5) is 0 Å². The van der Waals surface area contributed by atoms with Crippen molar-refractivity contribution in [2.24, 2.45) is 0 Å². The summed E-state index contributed by atoms with van der Waals surface area (Å²) < 4.78 is 5.85. The van der Waals surface area contributed by atoms with E-state index in [0.29, 0.717) is 17.2 Å². The molecule has 0 bridgehead atoms. The number of aliphatic hydroxyl groups is 1. The van der Waals surface area contributed by atoms with Gasteiger partial charge < -0.3 is 9.84 Å². The Morgan fingerprint density at radius 1 is 1.38 bits per heavy atom. The molecule has 0 radical (unpaired) electrons. The Morgan fingerprint density at radius 3 is 3.04 bits per heavy atom. The molecule has 0 amide bonds. The summed E-state index contributed by atoms with van der Waals surface area (Å²) in [6, 6.07) is 5.70. The number of aromatic nitrogens is 1. The number of hydrogen-bond acceptors (Lipinski definition) is 5. The van der Waals surface area contributed by atoms with Crippen LogP contribution in [0.2, 0.25) is 5.02 Å². The number of likely N-dealkylation sites (tertiary alicyclic amines) is 1. The molecule has 0 spiro atoms. The van der Waals surface area contributed by atoms with Crippen molar-refractivity contribution in [3.63, 3.8) is 0 Å². The van der Waals surface area contributed by atoms with Crippen molar-refractivity contribution < 1.29 is 9.84 Å². The zero-order valence-electron chi connectivity index (χ0n) is 13.9. The molecule has 1 saturated heterocycles. The van der Waals surface area contributed by atoms with Crippen molar-refractivity contribution in [1.29, 1.82) is 0 Å². The largest absolute Gasteiger partial charge is 0.489 e. The standard InChI is InChI=1S/C18H23ClN2O2S/c1-14-3-4-16(19)17(9-14)23-12-18(22)5-2-7-21(8-6-18)11-15-10-20-13-24-15/h3-4,9-10,13,22H,2,5-8,11-12H2,1H3. The van der Waals surface area contributed by atoms with Crippen LogP contribution in [0.25, 0.3) is 0 Å². The van der Waals surface area contributed by atoms with Gasteiger partial charge in [-0.25, -0.2) is 0 Å². The number of nitrogens with zero attached hydrogens (tertiary/aromatic N) is 2. The first kappa shape index (κ1) is 17.7. The van der Waals surface area contributed by atoms with E-state index in [2.05, 4.69) is 9.88 Å². The van der Waals surface area contributed by atoms with Gasteiger partial charge in [0.2, 0.25) is 0 Å². The van der Waals surface area contributed by atoms with Crippen LogP contribution in [0, 0.1) is 6.92 Å². The number of hydrogen-bond donors (Lipinski definition) is 1. The average Bonchev–Trinajstić information content (AvgIpc) is 2.99. The molecular weight excluding hydrogens is 344 g/mol. The van der Waals surface area contributed by atoms with E-state index in [1.807, 2.05) is 36.8 Å². The maximum atomic E-state index is 10.9. The highest BCUT2D eigenvalue weighted by Gasteiger charge is 2.31. The first-order chi connectivity index (χ1) is 11.5. The van der Waals surface area contributed by atoms with Crippen LogP contribution in [-0.4, -0.2) is 40.3 Å². The SMILES string of the molecule is Cc1ccc(Cl)c(OCC2(O)CCCN(Cc3cncs3)CC2)c1. The van der Waals surface area contributed by atoms with Crippen molar-refractivity contribution >= 4 is 22.9 Å². The summed E-state index contributed by atoms with van der Waals surface area (Å²) in [4.78, 5) is 7.77. The van der Waals surface area contributed by atoms with Gasteiger partial charge in [-0.15, -0.1) is 11.3 Å². The van der Waals surface area contributed by atoms with Gasteiger partial charge >= 0.3 is 0 Å². The van der Waals surface area contributed by atoms with Crippen molar-refractivity contribution in [3.05, 3.63) is 45.4 Å². The Bertz CT molecular complexity index is 665. The minimum Gasteiger partial charge on any atom is -0.489 e. The van der Waals surface area contributed by atoms with Crippen LogP contribution < -0.4 is 4.74 Å². The maximum Gasteiger partial charge on any atom is 0.138 e. The zero-order chi connectivity index (χ0) is 17.0. The molecule has 3 rings (SSSR count). The van der Waals surface area contributed by atoms with Crippen LogP contribution >= 0.6 is 22.9 Å². The summed E-state index contributed by atoms with van der Waals surface area (Å²) >= 11 is 7.85. The number of aryl methyl sites for hydroxylation is 1. The lowest BCUT2D eigenvalue weighted by Gasteiger charge is -2.27. The molecule has 1 fully saturated rings. The van der Waals surface area contributed by atoms with E-state index in [-0.39, 0.29) is 6.61 Å². The molecule has 1 unspecified atom stereocenters. The van der Waals surface area contributed by atoms with E-state index in [1.54, 1.807) is 11.3 Å². The molecule has 1 N–H and O–H groups in total. The van der Waals surface area contributed by atoms with Crippen LogP contribution in [0.5, 0.6) is 5.75 Å². The number of benzene rings is 1.